The fourth-order valence-corrected chi connectivity index (χ4v) is 2.28. The molecule has 100 valence electrons. The smallest absolute Gasteiger partial charge is 0.251 e. The molecule has 19 heavy (non-hydrogen) atoms. The molecule has 2 rings (SSSR count). The lowest BCUT2D eigenvalue weighted by Crippen LogP contribution is -2.25. The maximum Gasteiger partial charge on any atom is 0.251 e. The largest absolute Gasteiger partial charge is 0.394 e. The molecule has 1 aromatic carbocycles. The molecule has 2 aromatic rings. The molecule has 0 bridgehead atoms. The Hall–Kier alpha value is -1.95. The highest BCUT2D eigenvalue weighted by Crippen LogP contribution is 2.17. The van der Waals surface area contributed by atoms with Gasteiger partial charge in [-0.05, 0) is 30.0 Å². The highest BCUT2D eigenvalue weighted by molar-refractivity contribution is 7.09. The van der Waals surface area contributed by atoms with E-state index in [1.807, 2.05) is 17.5 Å². The summed E-state index contributed by atoms with van der Waals surface area (Å²) in [5.41, 5.74) is 4.49. The number of hydrogen-bond acceptors (Lipinski definition) is 3. The van der Waals surface area contributed by atoms with Crippen LogP contribution in [-0.4, -0.2) is 12.5 Å². The molecule has 1 aromatic heterocycles. The molecule has 0 fully saturated rings. The summed E-state index contributed by atoms with van der Waals surface area (Å²) in [6, 6.07) is 5.74. The van der Waals surface area contributed by atoms with Gasteiger partial charge in [-0.3, -0.25) is 4.79 Å². The SMILES string of the molecule is Nc1c(F)cc(C(=O)NCCc2cccs2)cc1F. The summed E-state index contributed by atoms with van der Waals surface area (Å²) in [7, 11) is 0. The van der Waals surface area contributed by atoms with Crippen molar-refractivity contribution in [1.29, 1.82) is 0 Å². The number of benzene rings is 1. The van der Waals surface area contributed by atoms with Crippen molar-refractivity contribution in [3.05, 3.63) is 51.7 Å². The van der Waals surface area contributed by atoms with Crippen LogP contribution in [0.2, 0.25) is 0 Å². The number of nitrogens with two attached hydrogens (primary N) is 1. The van der Waals surface area contributed by atoms with Gasteiger partial charge in [0.05, 0.1) is 0 Å². The van der Waals surface area contributed by atoms with E-state index in [0.29, 0.717) is 13.0 Å². The number of nitrogen functional groups attached to an aromatic ring is 1. The molecule has 0 spiro atoms. The third-order valence-electron chi connectivity index (χ3n) is 2.58. The second-order valence-electron chi connectivity index (χ2n) is 3.94. The Morgan fingerprint density at radius 3 is 2.58 bits per heavy atom. The van der Waals surface area contributed by atoms with E-state index in [9.17, 15) is 13.6 Å². The van der Waals surface area contributed by atoms with Gasteiger partial charge in [-0.2, -0.15) is 0 Å². The molecule has 1 amide bonds. The van der Waals surface area contributed by atoms with E-state index in [-0.39, 0.29) is 5.56 Å². The molecule has 0 aliphatic heterocycles. The molecule has 6 heteroatoms. The first-order valence-corrected chi connectivity index (χ1v) is 6.51. The van der Waals surface area contributed by atoms with Crippen LogP contribution in [0.1, 0.15) is 15.2 Å². The van der Waals surface area contributed by atoms with Gasteiger partial charge in [-0.15, -0.1) is 11.3 Å². The zero-order chi connectivity index (χ0) is 13.8. The number of carbonyl (C=O) groups excluding carboxylic acids is 1. The maximum atomic E-state index is 13.2. The van der Waals surface area contributed by atoms with Crippen LogP contribution in [0.4, 0.5) is 14.5 Å². The van der Waals surface area contributed by atoms with Crippen LogP contribution in [0, 0.1) is 11.6 Å². The third-order valence-corrected chi connectivity index (χ3v) is 3.51. The lowest BCUT2D eigenvalue weighted by atomic mass is 10.1. The van der Waals surface area contributed by atoms with Gasteiger partial charge >= 0.3 is 0 Å². The molecule has 0 unspecified atom stereocenters. The van der Waals surface area contributed by atoms with Crippen molar-refractivity contribution in [2.45, 2.75) is 6.42 Å². The summed E-state index contributed by atoms with van der Waals surface area (Å²) in [6.45, 7) is 0.410. The lowest BCUT2D eigenvalue weighted by Gasteiger charge is -2.06. The Kier molecular flexibility index (Phi) is 4.11. The molecule has 0 aliphatic carbocycles. The highest BCUT2D eigenvalue weighted by atomic mass is 32.1. The Labute approximate surface area is 113 Å². The van der Waals surface area contributed by atoms with E-state index in [1.165, 1.54) is 0 Å². The molecule has 3 N–H and O–H groups in total. The van der Waals surface area contributed by atoms with Gasteiger partial charge in [0.15, 0.2) is 0 Å². The van der Waals surface area contributed by atoms with E-state index in [0.717, 1.165) is 17.0 Å². The highest BCUT2D eigenvalue weighted by Gasteiger charge is 2.12. The summed E-state index contributed by atoms with van der Waals surface area (Å²) >= 11 is 1.59. The number of amides is 1. The predicted octanol–water partition coefficient (Wildman–Crippen LogP) is 2.58. The van der Waals surface area contributed by atoms with Crippen molar-refractivity contribution < 1.29 is 13.6 Å². The quantitative estimate of drug-likeness (QED) is 0.847. The van der Waals surface area contributed by atoms with E-state index in [4.69, 9.17) is 5.73 Å². The molecule has 0 radical (unpaired) electrons. The standard InChI is InChI=1S/C13H12F2N2OS/c14-10-6-8(7-11(15)12(10)16)13(18)17-4-3-9-2-1-5-19-9/h1-2,5-7H,3-4,16H2,(H,17,18). The van der Waals surface area contributed by atoms with Crippen molar-refractivity contribution in [2.24, 2.45) is 0 Å². The van der Waals surface area contributed by atoms with E-state index < -0.39 is 23.2 Å². The van der Waals surface area contributed by atoms with Crippen LogP contribution in [0.3, 0.4) is 0 Å². The topological polar surface area (TPSA) is 55.1 Å². The first kappa shape index (κ1) is 13.5. The minimum atomic E-state index is -0.927. The fourth-order valence-electron chi connectivity index (χ4n) is 1.57. The molecule has 3 nitrogen and oxygen atoms in total. The Bertz CT molecular complexity index is 561. The number of hydrogen-bond donors (Lipinski definition) is 2. The van der Waals surface area contributed by atoms with Crippen molar-refractivity contribution >= 4 is 22.9 Å². The van der Waals surface area contributed by atoms with Crippen molar-refractivity contribution in [3.63, 3.8) is 0 Å². The first-order chi connectivity index (χ1) is 9.08. The number of halogens is 2. The summed E-state index contributed by atoms with van der Waals surface area (Å²) in [5.74, 6) is -2.37. The average Bonchev–Trinajstić information content (AvgIpc) is 2.88. The minimum absolute atomic E-state index is 0.0737. The van der Waals surface area contributed by atoms with Gasteiger partial charge in [0, 0.05) is 17.0 Å². The van der Waals surface area contributed by atoms with Crippen molar-refractivity contribution in [2.75, 3.05) is 12.3 Å². The van der Waals surface area contributed by atoms with Crippen LogP contribution in [0.5, 0.6) is 0 Å². The Morgan fingerprint density at radius 2 is 2.00 bits per heavy atom. The Morgan fingerprint density at radius 1 is 1.32 bits per heavy atom. The molecule has 0 saturated heterocycles. The van der Waals surface area contributed by atoms with Gasteiger partial charge in [-0.25, -0.2) is 8.78 Å². The van der Waals surface area contributed by atoms with Gasteiger partial charge < -0.3 is 11.1 Å². The van der Waals surface area contributed by atoms with Gasteiger partial charge in [0.1, 0.15) is 17.3 Å². The number of carbonyl (C=O) groups is 1. The van der Waals surface area contributed by atoms with Crippen LogP contribution in [0.25, 0.3) is 0 Å². The Balaban J connectivity index is 1.96. The predicted molar refractivity (Wildman–Crippen MR) is 71.1 cm³/mol. The van der Waals surface area contributed by atoms with Crippen LogP contribution in [-0.2, 0) is 6.42 Å². The summed E-state index contributed by atoms with van der Waals surface area (Å²) in [4.78, 5) is 12.8. The van der Waals surface area contributed by atoms with Crippen LogP contribution < -0.4 is 11.1 Å². The van der Waals surface area contributed by atoms with Crippen LogP contribution in [0.15, 0.2) is 29.6 Å². The van der Waals surface area contributed by atoms with Gasteiger partial charge in [0.2, 0.25) is 0 Å². The number of anilines is 1. The van der Waals surface area contributed by atoms with E-state index in [2.05, 4.69) is 5.32 Å². The molecule has 0 atom stereocenters. The normalized spacial score (nSPS) is 10.4. The zero-order valence-corrected chi connectivity index (χ0v) is 10.8. The molecule has 1 heterocycles. The third kappa shape index (κ3) is 3.29. The summed E-state index contributed by atoms with van der Waals surface area (Å²) in [6.07, 6.45) is 0.684. The number of nitrogens with one attached hydrogen (secondary N) is 1. The van der Waals surface area contributed by atoms with E-state index >= 15 is 0 Å². The first-order valence-electron chi connectivity index (χ1n) is 5.63. The minimum Gasteiger partial charge on any atom is -0.394 e. The van der Waals surface area contributed by atoms with Crippen molar-refractivity contribution in [3.8, 4) is 0 Å². The monoisotopic (exact) mass is 282 g/mol. The molecule has 0 aliphatic rings. The van der Waals surface area contributed by atoms with Crippen molar-refractivity contribution in [1.82, 2.24) is 5.32 Å². The van der Waals surface area contributed by atoms with Gasteiger partial charge in [0.25, 0.3) is 5.91 Å². The van der Waals surface area contributed by atoms with Gasteiger partial charge in [-0.1, -0.05) is 6.07 Å². The molecular formula is C13H12F2N2OS. The second-order valence-corrected chi connectivity index (χ2v) is 4.97. The maximum absolute atomic E-state index is 13.2. The fraction of sp³-hybridized carbons (Fsp3) is 0.154. The summed E-state index contributed by atoms with van der Waals surface area (Å²) < 4.78 is 26.4. The number of thiophene rings is 1. The lowest BCUT2D eigenvalue weighted by molar-refractivity contribution is 0.0953. The van der Waals surface area contributed by atoms with E-state index in [1.54, 1.807) is 11.3 Å². The number of rotatable bonds is 4. The molecular weight excluding hydrogens is 270 g/mol. The zero-order valence-electron chi connectivity index (χ0n) is 9.95. The molecule has 0 saturated carbocycles. The van der Waals surface area contributed by atoms with Crippen LogP contribution >= 0.6 is 11.3 Å². The average molecular weight is 282 g/mol. The second kappa shape index (κ2) is 5.79. The summed E-state index contributed by atoms with van der Waals surface area (Å²) in [5, 5.41) is 4.55.